The molecule has 10 rings (SSSR count). The van der Waals surface area contributed by atoms with Crippen LogP contribution in [0.5, 0.6) is 11.5 Å². The molecule has 3 heterocycles. The lowest BCUT2D eigenvalue weighted by Crippen LogP contribution is -2.25. The van der Waals surface area contributed by atoms with Gasteiger partial charge in [-0.1, -0.05) is 166 Å². The highest BCUT2D eigenvalue weighted by Gasteiger charge is 2.33. The Morgan fingerprint density at radius 2 is 0.970 bits per heavy atom. The van der Waals surface area contributed by atoms with Crippen molar-refractivity contribution in [1.29, 1.82) is 0 Å². The Morgan fingerprint density at radius 1 is 0.403 bits per heavy atom. The van der Waals surface area contributed by atoms with Gasteiger partial charge in [-0.25, -0.2) is 4.98 Å². The van der Waals surface area contributed by atoms with Gasteiger partial charge in [-0.05, 0) is 111 Å². The lowest BCUT2D eigenvalue weighted by molar-refractivity contribution is 0.480. The first-order chi connectivity index (χ1) is 32.0. The number of aromatic nitrogens is 2. The smallest absolute Gasteiger partial charge is 0.137 e. The molecule has 0 N–H and O–H groups in total. The number of fused-ring (bicyclic) bond motifs is 4. The highest BCUT2D eigenvalue weighted by Crippen LogP contribution is 2.49. The third-order valence-electron chi connectivity index (χ3n) is 14.2. The second-order valence-electron chi connectivity index (χ2n) is 21.5. The van der Waals surface area contributed by atoms with E-state index in [2.05, 4.69) is 260 Å². The fourth-order valence-electron chi connectivity index (χ4n) is 9.83. The van der Waals surface area contributed by atoms with Crippen molar-refractivity contribution in [3.8, 4) is 17.3 Å². The number of hydrogen-bond donors (Lipinski definition) is 0. The van der Waals surface area contributed by atoms with Crippen LogP contribution in [-0.2, 0) is 21.7 Å². The van der Waals surface area contributed by atoms with Gasteiger partial charge in [0.2, 0.25) is 0 Å². The van der Waals surface area contributed by atoms with E-state index in [0.29, 0.717) is 6.67 Å². The molecule has 0 saturated carbocycles. The van der Waals surface area contributed by atoms with Crippen molar-refractivity contribution in [2.24, 2.45) is 0 Å². The maximum Gasteiger partial charge on any atom is 0.137 e. The van der Waals surface area contributed by atoms with Gasteiger partial charge in [-0.2, -0.15) is 0 Å². The molecule has 1 aliphatic rings. The fourth-order valence-corrected chi connectivity index (χ4v) is 9.83. The van der Waals surface area contributed by atoms with E-state index in [1.54, 1.807) is 0 Å². The molecule has 0 aliphatic carbocycles. The van der Waals surface area contributed by atoms with Crippen molar-refractivity contribution in [2.45, 2.75) is 90.9 Å². The molecular formula is C62H62N4O. The van der Waals surface area contributed by atoms with Crippen LogP contribution < -0.4 is 14.5 Å². The molecule has 9 aromatic rings. The average Bonchev–Trinajstić information content (AvgIpc) is 3.87. The second-order valence-corrected chi connectivity index (χ2v) is 21.5. The summed E-state index contributed by atoms with van der Waals surface area (Å²) in [5, 5.41) is 2.34. The van der Waals surface area contributed by atoms with Crippen molar-refractivity contribution in [1.82, 2.24) is 9.55 Å². The Hall–Kier alpha value is -7.11. The second kappa shape index (κ2) is 16.3. The van der Waals surface area contributed by atoms with Crippen LogP contribution in [0, 0.1) is 0 Å². The fraction of sp³-hybridized carbons (Fsp3) is 0.242. The Morgan fingerprint density at radius 3 is 1.64 bits per heavy atom. The van der Waals surface area contributed by atoms with Crippen molar-refractivity contribution >= 4 is 44.6 Å². The third kappa shape index (κ3) is 8.05. The summed E-state index contributed by atoms with van der Waals surface area (Å²) in [5.41, 5.74) is 13.8. The molecule has 0 bridgehead atoms. The van der Waals surface area contributed by atoms with Gasteiger partial charge in [-0.15, -0.1) is 0 Å². The maximum atomic E-state index is 7.09. The Bertz CT molecular complexity index is 3260. The highest BCUT2D eigenvalue weighted by molar-refractivity contribution is 6.09. The van der Waals surface area contributed by atoms with Gasteiger partial charge in [0.1, 0.15) is 24.0 Å². The monoisotopic (exact) mass is 878 g/mol. The Balaban J connectivity index is 1.09. The topological polar surface area (TPSA) is 33.5 Å². The van der Waals surface area contributed by atoms with E-state index in [-0.39, 0.29) is 21.7 Å². The highest BCUT2D eigenvalue weighted by atomic mass is 16.5. The van der Waals surface area contributed by atoms with Gasteiger partial charge < -0.3 is 14.5 Å². The van der Waals surface area contributed by atoms with E-state index in [1.165, 1.54) is 50.1 Å². The predicted octanol–water partition coefficient (Wildman–Crippen LogP) is 16.5. The van der Waals surface area contributed by atoms with Crippen LogP contribution in [0.2, 0.25) is 0 Å². The molecule has 0 spiro atoms. The number of benzene rings is 7. The predicted molar refractivity (Wildman–Crippen MR) is 282 cm³/mol. The van der Waals surface area contributed by atoms with Gasteiger partial charge >= 0.3 is 0 Å². The first-order valence-corrected chi connectivity index (χ1v) is 23.7. The number of ether oxygens (including phenoxy) is 1. The number of nitrogens with zero attached hydrogens (tertiary/aromatic N) is 4. The van der Waals surface area contributed by atoms with Crippen molar-refractivity contribution in [2.75, 3.05) is 16.5 Å². The number of pyridine rings is 1. The molecule has 0 atom stereocenters. The molecule has 0 radical (unpaired) electrons. The van der Waals surface area contributed by atoms with Crippen molar-refractivity contribution in [3.63, 3.8) is 0 Å². The molecule has 2 aromatic heterocycles. The van der Waals surface area contributed by atoms with Crippen molar-refractivity contribution < 1.29 is 4.74 Å². The van der Waals surface area contributed by atoms with Crippen LogP contribution in [0.3, 0.4) is 0 Å². The van der Waals surface area contributed by atoms with E-state index < -0.39 is 0 Å². The molecule has 1 aliphatic heterocycles. The zero-order valence-corrected chi connectivity index (χ0v) is 40.7. The number of para-hydroxylation sites is 1. The minimum atomic E-state index is -0.324. The summed E-state index contributed by atoms with van der Waals surface area (Å²) >= 11 is 0. The lowest BCUT2D eigenvalue weighted by Gasteiger charge is -2.29. The molecule has 5 heteroatoms. The number of anilines is 4. The van der Waals surface area contributed by atoms with Gasteiger partial charge in [0.05, 0.1) is 22.4 Å². The van der Waals surface area contributed by atoms with Crippen LogP contribution in [0.25, 0.3) is 27.6 Å². The Kier molecular flexibility index (Phi) is 10.7. The van der Waals surface area contributed by atoms with E-state index >= 15 is 0 Å². The molecule has 5 nitrogen and oxygen atoms in total. The average molecular weight is 879 g/mol. The number of rotatable bonds is 9. The summed E-state index contributed by atoms with van der Waals surface area (Å²) in [7, 11) is 0. The van der Waals surface area contributed by atoms with Gasteiger partial charge in [0.15, 0.2) is 0 Å². The molecular weight excluding hydrogens is 817 g/mol. The van der Waals surface area contributed by atoms with Gasteiger partial charge in [-0.3, -0.25) is 4.57 Å². The first kappa shape index (κ1) is 43.8. The van der Waals surface area contributed by atoms with E-state index in [0.717, 1.165) is 45.1 Å². The largest absolute Gasteiger partial charge is 0.457 e. The third-order valence-corrected chi connectivity index (χ3v) is 14.2. The molecule has 336 valence electrons. The summed E-state index contributed by atoms with van der Waals surface area (Å²) < 4.78 is 9.38. The van der Waals surface area contributed by atoms with Crippen LogP contribution in [0.15, 0.2) is 182 Å². The van der Waals surface area contributed by atoms with Crippen LogP contribution in [0.4, 0.5) is 22.7 Å². The van der Waals surface area contributed by atoms with E-state index in [4.69, 9.17) is 9.72 Å². The molecule has 7 aromatic carbocycles. The molecule has 0 saturated heterocycles. The molecule has 0 fully saturated rings. The van der Waals surface area contributed by atoms with Crippen molar-refractivity contribution in [3.05, 3.63) is 216 Å². The van der Waals surface area contributed by atoms with Gasteiger partial charge in [0, 0.05) is 51.3 Å². The number of hydrogen-bond acceptors (Lipinski definition) is 4. The van der Waals surface area contributed by atoms with Crippen LogP contribution in [0.1, 0.15) is 103 Å². The summed E-state index contributed by atoms with van der Waals surface area (Å²) in [4.78, 5) is 9.86. The molecule has 0 amide bonds. The Labute approximate surface area is 397 Å². The molecule has 67 heavy (non-hydrogen) atoms. The zero-order chi connectivity index (χ0) is 46.9. The summed E-state index contributed by atoms with van der Waals surface area (Å²) in [6.45, 7) is 23.5. The lowest BCUT2D eigenvalue weighted by atomic mass is 9.78. The van der Waals surface area contributed by atoms with E-state index in [9.17, 15) is 0 Å². The molecule has 0 unspecified atom stereocenters. The SMILES string of the molecule is CC(C)(C)c1ccnc(-n2c3ccccc3c3ccc(Oc4cc(N5CN(c6ccc(C(C)(C)c7ccccc7)cc6)c6cc(C(C)(C)C)ccc65)cc(C(C)(C)c5ccccc5)c4)cc32)c1. The quantitative estimate of drug-likeness (QED) is 0.145. The normalized spacial score (nSPS) is 13.4. The van der Waals surface area contributed by atoms with Crippen LogP contribution in [-0.4, -0.2) is 16.2 Å². The van der Waals surface area contributed by atoms with E-state index in [1.807, 2.05) is 6.20 Å². The summed E-state index contributed by atoms with van der Waals surface area (Å²) in [6.07, 6.45) is 1.93. The minimum absolute atomic E-state index is 0.0173. The minimum Gasteiger partial charge on any atom is -0.457 e. The standard InChI is InChI=1S/C62H62N4O/c1-59(2,3)45-27-32-55-57(37-45)64(48-28-25-44(26-29-48)61(7,8)42-19-13-11-14-20-42)41-65(55)49-35-47(62(9,10)43-21-15-12-16-22-43)36-51(39-49)67-50-30-31-53-52-23-17-18-24-54(52)66(56(53)40-50)58-38-46(33-34-63-58)60(4,5)6/h11-40H,41H2,1-10H3. The first-order valence-electron chi connectivity index (χ1n) is 23.7. The van der Waals surface area contributed by atoms with Crippen LogP contribution >= 0.6 is 0 Å². The summed E-state index contributed by atoms with van der Waals surface area (Å²) in [5.74, 6) is 2.44. The summed E-state index contributed by atoms with van der Waals surface area (Å²) in [6, 6.07) is 64.1. The zero-order valence-electron chi connectivity index (χ0n) is 40.7. The maximum absolute atomic E-state index is 7.09. The van der Waals surface area contributed by atoms with Gasteiger partial charge in [0.25, 0.3) is 0 Å².